The average Bonchev–Trinajstić information content (AvgIpc) is 3.87. The zero-order valence-corrected chi connectivity index (χ0v) is 33.9. The first-order valence-electron chi connectivity index (χ1n) is 20.5. The van der Waals surface area contributed by atoms with Crippen molar-refractivity contribution in [2.24, 2.45) is 0 Å². The zero-order valence-electron chi connectivity index (χ0n) is 32.9. The molecule has 10 aromatic rings. The average molecular weight is 770 g/mol. The number of rotatable bonds is 5. The van der Waals surface area contributed by atoms with Gasteiger partial charge in [-0.15, -0.1) is 0 Å². The van der Waals surface area contributed by atoms with Gasteiger partial charge < -0.3 is 4.57 Å². The van der Waals surface area contributed by atoms with Gasteiger partial charge >= 0.3 is 0 Å². The summed E-state index contributed by atoms with van der Waals surface area (Å²) >= 11 is 0. The topological polar surface area (TPSA) is 30.7 Å². The summed E-state index contributed by atoms with van der Waals surface area (Å²) in [6.45, 7) is 4.73. The Kier molecular flexibility index (Phi) is 7.29. The van der Waals surface area contributed by atoms with E-state index in [0.717, 1.165) is 39.2 Å². The molecular weight excluding hydrogens is 731 g/mol. The summed E-state index contributed by atoms with van der Waals surface area (Å²) in [5, 5.41) is 7.61. The van der Waals surface area contributed by atoms with Crippen molar-refractivity contribution in [3.8, 4) is 50.6 Å². The van der Waals surface area contributed by atoms with Gasteiger partial charge in [0.1, 0.15) is 0 Å². The molecule has 1 aliphatic carbocycles. The van der Waals surface area contributed by atoms with Crippen molar-refractivity contribution < 1.29 is 0 Å². The van der Waals surface area contributed by atoms with Gasteiger partial charge in [0, 0.05) is 32.9 Å². The van der Waals surface area contributed by atoms with E-state index in [9.17, 15) is 0 Å². The highest BCUT2D eigenvalue weighted by atomic mass is 28.3. The summed E-state index contributed by atoms with van der Waals surface area (Å²) in [6, 6.07) is 73.4. The van der Waals surface area contributed by atoms with Crippen LogP contribution in [-0.4, -0.2) is 22.6 Å². The van der Waals surface area contributed by atoms with Gasteiger partial charge in [0.05, 0.1) is 27.7 Å². The molecule has 0 radical (unpaired) electrons. The van der Waals surface area contributed by atoms with Gasteiger partial charge in [0.2, 0.25) is 8.07 Å². The summed E-state index contributed by atoms with van der Waals surface area (Å²) in [5.74, 6) is 0.740. The standard InChI is InChI=1S/C55H39N3Si/c1-55(2)45-30-16-12-26-39(45)43-35-49-44(34-46(43)55)40-27-13-17-31-47(40)58(49)48-32-18-14-28-41(48)52-51-42-29-15-19-33-50(42)59(37-22-8-4-9-23-37,38-24-10-5-11-25-38)54(51)57-53(56-52)36-20-6-3-7-21-36/h3-35H,1-2H3. The molecule has 0 fully saturated rings. The first-order chi connectivity index (χ1) is 29.0. The molecule has 0 bridgehead atoms. The van der Waals surface area contributed by atoms with Gasteiger partial charge in [-0.2, -0.15) is 0 Å². The van der Waals surface area contributed by atoms with Crippen LogP contribution in [0.25, 0.3) is 72.4 Å². The lowest BCUT2D eigenvalue weighted by Crippen LogP contribution is -2.73. The van der Waals surface area contributed by atoms with Gasteiger partial charge in [0.25, 0.3) is 0 Å². The largest absolute Gasteiger partial charge is 0.309 e. The Hall–Kier alpha value is -7.14. The van der Waals surface area contributed by atoms with E-state index in [2.05, 4.69) is 219 Å². The van der Waals surface area contributed by atoms with E-state index < -0.39 is 8.07 Å². The number of hydrogen-bond donors (Lipinski definition) is 0. The lowest BCUT2D eigenvalue weighted by Gasteiger charge is -2.30. The van der Waals surface area contributed by atoms with E-state index in [1.807, 2.05) is 0 Å². The van der Waals surface area contributed by atoms with Crippen molar-refractivity contribution in [1.29, 1.82) is 0 Å². The van der Waals surface area contributed by atoms with E-state index >= 15 is 0 Å². The van der Waals surface area contributed by atoms with E-state index in [-0.39, 0.29) is 5.41 Å². The maximum atomic E-state index is 5.74. The third kappa shape index (κ3) is 4.69. The Balaban J connectivity index is 1.21. The Morgan fingerprint density at radius 1 is 0.458 bits per heavy atom. The molecular formula is C55H39N3Si. The Bertz CT molecular complexity index is 3250. The Morgan fingerprint density at radius 2 is 1.05 bits per heavy atom. The minimum Gasteiger partial charge on any atom is -0.309 e. The molecule has 8 aromatic carbocycles. The highest BCUT2D eigenvalue weighted by molar-refractivity contribution is 7.21. The van der Waals surface area contributed by atoms with Gasteiger partial charge in [0.15, 0.2) is 5.82 Å². The minimum atomic E-state index is -2.94. The van der Waals surface area contributed by atoms with Crippen molar-refractivity contribution in [2.45, 2.75) is 19.3 Å². The third-order valence-corrected chi connectivity index (χ3v) is 17.8. The van der Waals surface area contributed by atoms with Crippen LogP contribution in [0.2, 0.25) is 0 Å². The van der Waals surface area contributed by atoms with Crippen LogP contribution in [0.4, 0.5) is 0 Å². The normalized spacial score (nSPS) is 14.2. The second-order valence-electron chi connectivity index (χ2n) is 16.5. The first-order valence-corrected chi connectivity index (χ1v) is 22.5. The quantitative estimate of drug-likeness (QED) is 0.163. The number of aromatic nitrogens is 3. The second kappa shape index (κ2) is 12.7. The number of benzene rings is 8. The molecule has 2 aliphatic rings. The lowest BCUT2D eigenvalue weighted by molar-refractivity contribution is 0.661. The molecule has 1 aliphatic heterocycles. The fourth-order valence-electron chi connectivity index (χ4n) is 10.5. The third-order valence-electron chi connectivity index (χ3n) is 13.1. The van der Waals surface area contributed by atoms with E-state index in [0.29, 0.717) is 0 Å². The summed E-state index contributed by atoms with van der Waals surface area (Å²) in [4.78, 5) is 11.4. The van der Waals surface area contributed by atoms with Gasteiger partial charge in [-0.05, 0) is 67.6 Å². The van der Waals surface area contributed by atoms with Gasteiger partial charge in [-0.1, -0.05) is 190 Å². The van der Waals surface area contributed by atoms with Crippen LogP contribution in [-0.2, 0) is 5.41 Å². The summed E-state index contributed by atoms with van der Waals surface area (Å²) in [6.07, 6.45) is 0. The van der Waals surface area contributed by atoms with E-state index in [1.165, 1.54) is 65.2 Å². The summed E-state index contributed by atoms with van der Waals surface area (Å²) in [7, 11) is -2.94. The molecule has 12 rings (SSSR count). The van der Waals surface area contributed by atoms with Crippen molar-refractivity contribution in [2.75, 3.05) is 0 Å². The highest BCUT2D eigenvalue weighted by Gasteiger charge is 2.51. The molecule has 0 atom stereocenters. The van der Waals surface area contributed by atoms with Crippen LogP contribution in [0, 0.1) is 0 Å². The maximum absolute atomic E-state index is 5.74. The van der Waals surface area contributed by atoms with Crippen molar-refractivity contribution >= 4 is 50.8 Å². The summed E-state index contributed by atoms with van der Waals surface area (Å²) < 4.78 is 2.49. The molecule has 2 aromatic heterocycles. The zero-order chi connectivity index (χ0) is 39.3. The molecule has 0 unspecified atom stereocenters. The van der Waals surface area contributed by atoms with Crippen LogP contribution < -0.4 is 20.9 Å². The first kappa shape index (κ1) is 33.9. The van der Waals surface area contributed by atoms with Gasteiger partial charge in [-0.25, -0.2) is 9.97 Å². The summed E-state index contributed by atoms with van der Waals surface area (Å²) in [5.41, 5.74) is 14.1. The number of hydrogen-bond acceptors (Lipinski definition) is 2. The molecule has 0 saturated heterocycles. The minimum absolute atomic E-state index is 0.0993. The Morgan fingerprint density at radius 3 is 1.80 bits per heavy atom. The lowest BCUT2D eigenvalue weighted by atomic mass is 9.82. The smallest absolute Gasteiger partial charge is 0.203 e. The van der Waals surface area contributed by atoms with E-state index in [4.69, 9.17) is 9.97 Å². The molecule has 0 spiro atoms. The molecule has 4 heteroatoms. The fraction of sp³-hybridized carbons (Fsp3) is 0.0545. The van der Waals surface area contributed by atoms with Crippen LogP contribution in [0.3, 0.4) is 0 Å². The molecule has 0 saturated carbocycles. The number of fused-ring (bicyclic) bond motifs is 9. The molecule has 3 heterocycles. The van der Waals surface area contributed by atoms with Crippen LogP contribution in [0.5, 0.6) is 0 Å². The van der Waals surface area contributed by atoms with Crippen molar-refractivity contribution in [3.63, 3.8) is 0 Å². The second-order valence-corrected chi connectivity index (χ2v) is 20.1. The maximum Gasteiger partial charge on any atom is 0.203 e. The van der Waals surface area contributed by atoms with Gasteiger partial charge in [-0.3, -0.25) is 0 Å². The number of para-hydroxylation sites is 2. The highest BCUT2D eigenvalue weighted by Crippen LogP contribution is 2.51. The number of nitrogens with zero attached hydrogens (tertiary/aromatic N) is 3. The van der Waals surface area contributed by atoms with E-state index in [1.54, 1.807) is 0 Å². The fourth-order valence-corrected chi connectivity index (χ4v) is 15.5. The van der Waals surface area contributed by atoms with Crippen LogP contribution >= 0.6 is 0 Å². The van der Waals surface area contributed by atoms with Crippen molar-refractivity contribution in [1.82, 2.24) is 14.5 Å². The molecule has 59 heavy (non-hydrogen) atoms. The molecule has 0 amide bonds. The molecule has 278 valence electrons. The van der Waals surface area contributed by atoms with Crippen molar-refractivity contribution in [3.05, 3.63) is 211 Å². The predicted molar refractivity (Wildman–Crippen MR) is 247 cm³/mol. The Labute approximate surface area is 345 Å². The molecule has 0 N–H and O–H groups in total. The predicted octanol–water partition coefficient (Wildman–Crippen LogP) is 10.6. The van der Waals surface area contributed by atoms with Crippen LogP contribution in [0.1, 0.15) is 25.0 Å². The SMILES string of the molecule is CC1(C)c2ccccc2-c2cc3c(cc21)c1ccccc1n3-c1ccccc1-c1nc(-c2ccccc2)nc2c1-c1ccccc1[Si]2(c1ccccc1)c1ccccc1. The van der Waals surface area contributed by atoms with Crippen LogP contribution in [0.15, 0.2) is 200 Å². The molecule has 3 nitrogen and oxygen atoms in total. The monoisotopic (exact) mass is 769 g/mol.